The third kappa shape index (κ3) is 2.81. The Morgan fingerprint density at radius 3 is 2.62 bits per heavy atom. The molecule has 1 aromatic heterocycles. The van der Waals surface area contributed by atoms with E-state index in [1.807, 2.05) is 31.2 Å². The quantitative estimate of drug-likeness (QED) is 0.768. The van der Waals surface area contributed by atoms with Crippen molar-refractivity contribution in [2.45, 2.75) is 13.0 Å². The summed E-state index contributed by atoms with van der Waals surface area (Å²) in [5, 5.41) is 4.32. The lowest BCUT2D eigenvalue weighted by Crippen LogP contribution is -2.09. The fourth-order valence-corrected chi connectivity index (χ4v) is 2.34. The predicted molar refractivity (Wildman–Crippen MR) is 83.0 cm³/mol. The van der Waals surface area contributed by atoms with Gasteiger partial charge in [0.05, 0.1) is 10.9 Å². The number of hydrogen-bond donors (Lipinski definition) is 1. The van der Waals surface area contributed by atoms with E-state index in [1.165, 1.54) is 12.4 Å². The van der Waals surface area contributed by atoms with E-state index in [2.05, 4.69) is 15.3 Å². The summed E-state index contributed by atoms with van der Waals surface area (Å²) in [4.78, 5) is 8.25. The third-order valence-corrected chi connectivity index (χ3v) is 3.59. The van der Waals surface area contributed by atoms with Crippen LogP contribution < -0.4 is 5.32 Å². The third-order valence-electron chi connectivity index (χ3n) is 3.34. The highest BCUT2D eigenvalue weighted by atomic mass is 35.5. The fraction of sp³-hybridized carbons (Fsp3) is 0.125. The van der Waals surface area contributed by atoms with Crippen molar-refractivity contribution in [1.29, 1.82) is 0 Å². The van der Waals surface area contributed by atoms with E-state index < -0.39 is 0 Å². The topological polar surface area (TPSA) is 37.8 Å². The van der Waals surface area contributed by atoms with Gasteiger partial charge in [-0.15, -0.1) is 0 Å². The maximum Gasteiger partial charge on any atom is 0.140 e. The van der Waals surface area contributed by atoms with Gasteiger partial charge in [-0.2, -0.15) is 0 Å². The van der Waals surface area contributed by atoms with Crippen LogP contribution in [0.1, 0.15) is 18.5 Å². The first-order valence-electron chi connectivity index (χ1n) is 6.56. The molecule has 3 aromatic rings. The molecule has 3 rings (SSSR count). The monoisotopic (exact) mass is 301 g/mol. The molecular formula is C16H13ClFN3. The molecule has 21 heavy (non-hydrogen) atoms. The summed E-state index contributed by atoms with van der Waals surface area (Å²) >= 11 is 5.88. The Morgan fingerprint density at radius 1 is 1.10 bits per heavy atom. The zero-order valence-electron chi connectivity index (χ0n) is 11.3. The molecule has 0 amide bonds. The van der Waals surface area contributed by atoms with E-state index in [9.17, 15) is 4.39 Å². The number of nitrogens with zero attached hydrogens (tertiary/aromatic N) is 2. The first-order valence-corrected chi connectivity index (χ1v) is 6.94. The molecule has 1 atom stereocenters. The van der Waals surface area contributed by atoms with Crippen molar-refractivity contribution >= 4 is 28.3 Å². The lowest BCUT2D eigenvalue weighted by atomic mass is 10.1. The van der Waals surface area contributed by atoms with Crippen molar-refractivity contribution in [2.75, 3.05) is 5.32 Å². The SMILES string of the molecule is CC(Nc1ncnc2cccc(F)c12)c1ccc(Cl)cc1. The lowest BCUT2D eigenvalue weighted by Gasteiger charge is -2.16. The van der Waals surface area contributed by atoms with Crippen LogP contribution in [-0.2, 0) is 0 Å². The minimum absolute atomic E-state index is 0.0278. The van der Waals surface area contributed by atoms with Crippen molar-refractivity contribution in [1.82, 2.24) is 9.97 Å². The molecule has 2 aromatic carbocycles. The average molecular weight is 302 g/mol. The van der Waals surface area contributed by atoms with Gasteiger partial charge in [0.1, 0.15) is 18.0 Å². The van der Waals surface area contributed by atoms with Crippen LogP contribution in [0.25, 0.3) is 10.9 Å². The highest BCUT2D eigenvalue weighted by Gasteiger charge is 2.12. The molecule has 0 fully saturated rings. The number of hydrogen-bond acceptors (Lipinski definition) is 3. The molecule has 5 heteroatoms. The van der Waals surface area contributed by atoms with Crippen LogP contribution in [-0.4, -0.2) is 9.97 Å². The zero-order chi connectivity index (χ0) is 14.8. The van der Waals surface area contributed by atoms with Gasteiger partial charge in [0.15, 0.2) is 0 Å². The van der Waals surface area contributed by atoms with Gasteiger partial charge in [-0.25, -0.2) is 14.4 Å². The molecule has 1 N–H and O–H groups in total. The second-order valence-electron chi connectivity index (χ2n) is 4.77. The van der Waals surface area contributed by atoms with Crippen LogP contribution in [0.4, 0.5) is 10.2 Å². The van der Waals surface area contributed by atoms with Crippen LogP contribution in [0.15, 0.2) is 48.8 Å². The first kappa shape index (κ1) is 13.8. The first-order chi connectivity index (χ1) is 10.1. The second-order valence-corrected chi connectivity index (χ2v) is 5.21. The van der Waals surface area contributed by atoms with Crippen molar-refractivity contribution < 1.29 is 4.39 Å². The van der Waals surface area contributed by atoms with Crippen LogP contribution in [0, 0.1) is 5.82 Å². The highest BCUT2D eigenvalue weighted by Crippen LogP contribution is 2.26. The van der Waals surface area contributed by atoms with E-state index in [0.29, 0.717) is 21.7 Å². The summed E-state index contributed by atoms with van der Waals surface area (Å²) < 4.78 is 14.0. The number of fused-ring (bicyclic) bond motifs is 1. The largest absolute Gasteiger partial charge is 0.363 e. The summed E-state index contributed by atoms with van der Waals surface area (Å²) in [6, 6.07) is 12.3. The second kappa shape index (κ2) is 5.66. The van der Waals surface area contributed by atoms with E-state index in [-0.39, 0.29) is 11.9 Å². The average Bonchev–Trinajstić information content (AvgIpc) is 2.48. The molecule has 1 unspecified atom stereocenters. The maximum absolute atomic E-state index is 14.0. The van der Waals surface area contributed by atoms with Gasteiger partial charge in [0.2, 0.25) is 0 Å². The molecule has 3 nitrogen and oxygen atoms in total. The summed E-state index contributed by atoms with van der Waals surface area (Å²) in [5.74, 6) is 0.152. The molecule has 0 aliphatic carbocycles. The van der Waals surface area contributed by atoms with Gasteiger partial charge in [-0.3, -0.25) is 0 Å². The van der Waals surface area contributed by atoms with E-state index in [4.69, 9.17) is 11.6 Å². The normalized spacial score (nSPS) is 12.3. The number of rotatable bonds is 3. The van der Waals surface area contributed by atoms with Gasteiger partial charge in [0.25, 0.3) is 0 Å². The Labute approximate surface area is 126 Å². The Hall–Kier alpha value is -2.20. The molecule has 0 bridgehead atoms. The summed E-state index contributed by atoms with van der Waals surface area (Å²) in [5.41, 5.74) is 1.62. The summed E-state index contributed by atoms with van der Waals surface area (Å²) in [7, 11) is 0. The van der Waals surface area contributed by atoms with Gasteiger partial charge >= 0.3 is 0 Å². The van der Waals surface area contributed by atoms with Gasteiger partial charge in [0, 0.05) is 11.1 Å². The molecule has 0 saturated heterocycles. The lowest BCUT2D eigenvalue weighted by molar-refractivity contribution is 0.639. The Balaban J connectivity index is 1.96. The van der Waals surface area contributed by atoms with Crippen molar-refractivity contribution in [3.8, 4) is 0 Å². The Morgan fingerprint density at radius 2 is 1.86 bits per heavy atom. The standard InChI is InChI=1S/C16H13ClFN3/c1-10(11-5-7-12(17)8-6-11)21-16-15-13(18)3-2-4-14(15)19-9-20-16/h2-10H,1H3,(H,19,20,21). The molecule has 0 radical (unpaired) electrons. The number of benzene rings is 2. The van der Waals surface area contributed by atoms with E-state index in [1.54, 1.807) is 12.1 Å². The molecule has 0 saturated carbocycles. The number of nitrogens with one attached hydrogen (secondary N) is 1. The molecule has 0 spiro atoms. The molecular weight excluding hydrogens is 289 g/mol. The maximum atomic E-state index is 14.0. The van der Waals surface area contributed by atoms with Crippen LogP contribution >= 0.6 is 11.6 Å². The summed E-state index contributed by atoms with van der Waals surface area (Å²) in [6.07, 6.45) is 1.43. The highest BCUT2D eigenvalue weighted by molar-refractivity contribution is 6.30. The Kier molecular flexibility index (Phi) is 3.71. The zero-order valence-corrected chi connectivity index (χ0v) is 12.1. The van der Waals surface area contributed by atoms with Gasteiger partial charge in [-0.1, -0.05) is 29.8 Å². The molecule has 1 heterocycles. The smallest absolute Gasteiger partial charge is 0.140 e. The van der Waals surface area contributed by atoms with E-state index in [0.717, 1.165) is 5.56 Å². The van der Waals surface area contributed by atoms with E-state index >= 15 is 0 Å². The van der Waals surface area contributed by atoms with Crippen molar-refractivity contribution in [3.63, 3.8) is 0 Å². The molecule has 106 valence electrons. The number of halogens is 2. The molecule has 0 aliphatic rings. The minimum atomic E-state index is -0.334. The Bertz CT molecular complexity index is 769. The number of aromatic nitrogens is 2. The molecule has 0 aliphatic heterocycles. The van der Waals surface area contributed by atoms with Crippen LogP contribution in [0.3, 0.4) is 0 Å². The van der Waals surface area contributed by atoms with Crippen molar-refractivity contribution in [3.05, 3.63) is 65.2 Å². The van der Waals surface area contributed by atoms with Gasteiger partial charge < -0.3 is 5.32 Å². The number of anilines is 1. The van der Waals surface area contributed by atoms with Crippen LogP contribution in [0.5, 0.6) is 0 Å². The fourth-order valence-electron chi connectivity index (χ4n) is 2.22. The summed E-state index contributed by atoms with van der Waals surface area (Å²) in [6.45, 7) is 1.98. The minimum Gasteiger partial charge on any atom is -0.363 e. The van der Waals surface area contributed by atoms with Gasteiger partial charge in [-0.05, 0) is 36.8 Å². The van der Waals surface area contributed by atoms with Crippen LogP contribution in [0.2, 0.25) is 5.02 Å². The predicted octanol–water partition coefficient (Wildman–Crippen LogP) is 4.60. The van der Waals surface area contributed by atoms with Crippen molar-refractivity contribution in [2.24, 2.45) is 0 Å².